The minimum atomic E-state index is -0.503. The maximum absolute atomic E-state index is 12.4. The van der Waals surface area contributed by atoms with Gasteiger partial charge in [-0.1, -0.05) is 23.7 Å². The number of nitrogens with zero attached hydrogens (tertiary/aromatic N) is 4. The lowest BCUT2D eigenvalue weighted by atomic mass is 10.2. The molecule has 1 N–H and O–H groups in total. The van der Waals surface area contributed by atoms with Crippen LogP contribution in [0.2, 0.25) is 5.02 Å². The van der Waals surface area contributed by atoms with Crippen LogP contribution in [0.3, 0.4) is 0 Å². The van der Waals surface area contributed by atoms with E-state index >= 15 is 0 Å². The quantitative estimate of drug-likeness (QED) is 0.545. The fourth-order valence-electron chi connectivity index (χ4n) is 2.25. The Kier molecular flexibility index (Phi) is 5.23. The molecular formula is C17H14ClN5O3. The van der Waals surface area contributed by atoms with Crippen molar-refractivity contribution in [2.75, 3.05) is 0 Å². The van der Waals surface area contributed by atoms with Crippen LogP contribution in [0.15, 0.2) is 48.5 Å². The Bertz CT molecular complexity index is 940. The zero-order valence-corrected chi connectivity index (χ0v) is 14.5. The Morgan fingerprint density at radius 1 is 1.15 bits per heavy atom. The molecule has 9 heteroatoms. The molecule has 0 aliphatic carbocycles. The van der Waals surface area contributed by atoms with Crippen molar-refractivity contribution in [3.05, 3.63) is 64.9 Å². The van der Waals surface area contributed by atoms with E-state index in [0.29, 0.717) is 16.5 Å². The first-order chi connectivity index (χ1) is 12.5. The van der Waals surface area contributed by atoms with E-state index in [1.54, 1.807) is 48.5 Å². The maximum atomic E-state index is 12.4. The predicted molar refractivity (Wildman–Crippen MR) is 93.1 cm³/mol. The highest BCUT2D eigenvalue weighted by atomic mass is 35.5. The van der Waals surface area contributed by atoms with Gasteiger partial charge in [0.1, 0.15) is 5.75 Å². The summed E-state index contributed by atoms with van der Waals surface area (Å²) in [4.78, 5) is 23.6. The highest BCUT2D eigenvalue weighted by molar-refractivity contribution is 6.30. The van der Waals surface area contributed by atoms with Crippen LogP contribution < -0.4 is 10.1 Å². The van der Waals surface area contributed by atoms with Crippen molar-refractivity contribution in [3.8, 4) is 11.4 Å². The minimum absolute atomic E-state index is 0.0862. The standard InChI is InChI=1S/C17H14ClN5O3/c1-11(24)26-15-5-3-2-4-14(15)17(25)19-10-16-20-21-22-23(16)13-8-6-12(18)7-9-13/h2-9H,10H2,1H3,(H,19,25). The molecule has 0 spiro atoms. The van der Waals surface area contributed by atoms with Gasteiger partial charge < -0.3 is 10.1 Å². The van der Waals surface area contributed by atoms with Gasteiger partial charge in [-0.3, -0.25) is 9.59 Å². The number of amides is 1. The Morgan fingerprint density at radius 2 is 1.88 bits per heavy atom. The lowest BCUT2D eigenvalue weighted by Gasteiger charge is -2.09. The lowest BCUT2D eigenvalue weighted by Crippen LogP contribution is -2.25. The van der Waals surface area contributed by atoms with Crippen LogP contribution in [-0.4, -0.2) is 32.1 Å². The van der Waals surface area contributed by atoms with Crippen molar-refractivity contribution in [3.63, 3.8) is 0 Å². The number of rotatable bonds is 5. The number of halogens is 1. The van der Waals surface area contributed by atoms with Crippen LogP contribution in [0.1, 0.15) is 23.1 Å². The van der Waals surface area contributed by atoms with E-state index in [2.05, 4.69) is 20.8 Å². The molecule has 0 aliphatic heterocycles. The van der Waals surface area contributed by atoms with E-state index in [-0.39, 0.29) is 17.9 Å². The van der Waals surface area contributed by atoms with E-state index in [1.165, 1.54) is 11.6 Å². The molecule has 0 radical (unpaired) electrons. The molecule has 2 aromatic carbocycles. The van der Waals surface area contributed by atoms with E-state index in [9.17, 15) is 9.59 Å². The summed E-state index contributed by atoms with van der Waals surface area (Å²) >= 11 is 5.88. The zero-order chi connectivity index (χ0) is 18.5. The fourth-order valence-corrected chi connectivity index (χ4v) is 2.38. The summed E-state index contributed by atoms with van der Waals surface area (Å²) in [5.41, 5.74) is 0.956. The highest BCUT2D eigenvalue weighted by Crippen LogP contribution is 2.18. The molecule has 3 aromatic rings. The molecule has 0 saturated heterocycles. The Labute approximate surface area is 153 Å². The number of ether oxygens (including phenoxy) is 1. The van der Waals surface area contributed by atoms with Gasteiger partial charge in [0, 0.05) is 11.9 Å². The summed E-state index contributed by atoms with van der Waals surface area (Å²) in [6, 6.07) is 13.4. The summed E-state index contributed by atoms with van der Waals surface area (Å²) in [5, 5.41) is 14.8. The Hall–Kier alpha value is -3.26. The maximum Gasteiger partial charge on any atom is 0.308 e. The first-order valence-corrected chi connectivity index (χ1v) is 8.01. The van der Waals surface area contributed by atoms with Crippen LogP contribution in [0.25, 0.3) is 5.69 Å². The van der Waals surface area contributed by atoms with Gasteiger partial charge in [0.15, 0.2) is 5.82 Å². The Morgan fingerprint density at radius 3 is 2.62 bits per heavy atom. The molecule has 8 nitrogen and oxygen atoms in total. The number of para-hydroxylation sites is 1. The van der Waals surface area contributed by atoms with Crippen LogP contribution in [0, 0.1) is 0 Å². The number of tetrazole rings is 1. The molecule has 3 rings (SSSR count). The molecule has 0 atom stereocenters. The second-order valence-electron chi connectivity index (χ2n) is 5.26. The summed E-state index contributed by atoms with van der Waals surface area (Å²) in [7, 11) is 0. The summed E-state index contributed by atoms with van der Waals surface area (Å²) in [5.74, 6) is -0.287. The monoisotopic (exact) mass is 371 g/mol. The van der Waals surface area contributed by atoms with Crippen molar-refractivity contribution < 1.29 is 14.3 Å². The molecule has 1 amide bonds. The molecule has 132 valence electrons. The minimum Gasteiger partial charge on any atom is -0.426 e. The zero-order valence-electron chi connectivity index (χ0n) is 13.7. The highest BCUT2D eigenvalue weighted by Gasteiger charge is 2.15. The number of aromatic nitrogens is 4. The largest absolute Gasteiger partial charge is 0.426 e. The van der Waals surface area contributed by atoms with E-state index < -0.39 is 11.9 Å². The number of carbonyl (C=O) groups excluding carboxylic acids is 2. The van der Waals surface area contributed by atoms with Crippen molar-refractivity contribution in [2.24, 2.45) is 0 Å². The number of hydrogen-bond acceptors (Lipinski definition) is 6. The number of esters is 1. The van der Waals surface area contributed by atoms with Crippen LogP contribution in [0.4, 0.5) is 0 Å². The predicted octanol–water partition coefficient (Wildman–Crippen LogP) is 2.17. The van der Waals surface area contributed by atoms with Gasteiger partial charge in [0.25, 0.3) is 5.91 Å². The topological polar surface area (TPSA) is 99.0 Å². The first-order valence-electron chi connectivity index (χ1n) is 7.63. The van der Waals surface area contributed by atoms with Gasteiger partial charge in [-0.2, -0.15) is 4.68 Å². The average Bonchev–Trinajstić information content (AvgIpc) is 3.09. The van der Waals surface area contributed by atoms with Crippen molar-refractivity contribution in [1.29, 1.82) is 0 Å². The van der Waals surface area contributed by atoms with Crippen molar-refractivity contribution in [2.45, 2.75) is 13.5 Å². The lowest BCUT2D eigenvalue weighted by molar-refractivity contribution is -0.131. The molecule has 0 unspecified atom stereocenters. The average molecular weight is 372 g/mol. The van der Waals surface area contributed by atoms with Crippen molar-refractivity contribution >= 4 is 23.5 Å². The number of hydrogen-bond donors (Lipinski definition) is 1. The molecule has 26 heavy (non-hydrogen) atoms. The van der Waals surface area contributed by atoms with Gasteiger partial charge in [0.2, 0.25) is 0 Å². The van der Waals surface area contributed by atoms with Gasteiger partial charge in [-0.15, -0.1) is 5.10 Å². The molecule has 0 saturated carbocycles. The molecule has 0 bridgehead atoms. The van der Waals surface area contributed by atoms with Crippen LogP contribution in [-0.2, 0) is 11.3 Å². The normalized spacial score (nSPS) is 10.4. The Balaban J connectivity index is 1.75. The number of nitrogens with one attached hydrogen (secondary N) is 1. The van der Waals surface area contributed by atoms with Gasteiger partial charge in [-0.25, -0.2) is 0 Å². The number of carbonyl (C=O) groups is 2. The summed E-state index contributed by atoms with van der Waals surface area (Å²) in [6.45, 7) is 1.36. The van der Waals surface area contributed by atoms with Crippen LogP contribution in [0.5, 0.6) is 5.75 Å². The first kappa shape index (κ1) is 17.6. The molecule has 0 fully saturated rings. The summed E-state index contributed by atoms with van der Waals surface area (Å²) in [6.07, 6.45) is 0. The fraction of sp³-hybridized carbons (Fsp3) is 0.118. The summed E-state index contributed by atoms with van der Waals surface area (Å²) < 4.78 is 6.54. The van der Waals surface area contributed by atoms with Gasteiger partial charge in [0.05, 0.1) is 17.8 Å². The molecular weight excluding hydrogens is 358 g/mol. The third-order valence-corrected chi connectivity index (χ3v) is 3.65. The molecule has 1 heterocycles. The van der Waals surface area contributed by atoms with Gasteiger partial charge >= 0.3 is 5.97 Å². The SMILES string of the molecule is CC(=O)Oc1ccccc1C(=O)NCc1nnnn1-c1ccc(Cl)cc1. The third-order valence-electron chi connectivity index (χ3n) is 3.40. The second-order valence-corrected chi connectivity index (χ2v) is 5.69. The van der Waals surface area contributed by atoms with Crippen LogP contribution >= 0.6 is 11.6 Å². The second kappa shape index (κ2) is 7.75. The van der Waals surface area contributed by atoms with E-state index in [1.807, 2.05) is 0 Å². The number of benzene rings is 2. The molecule has 1 aromatic heterocycles. The van der Waals surface area contributed by atoms with Crippen molar-refractivity contribution in [1.82, 2.24) is 25.5 Å². The van der Waals surface area contributed by atoms with E-state index in [0.717, 1.165) is 0 Å². The van der Waals surface area contributed by atoms with E-state index in [4.69, 9.17) is 16.3 Å². The van der Waals surface area contributed by atoms with Gasteiger partial charge in [-0.05, 0) is 46.8 Å². The third kappa shape index (κ3) is 4.04. The smallest absolute Gasteiger partial charge is 0.308 e. The molecule has 0 aliphatic rings.